The van der Waals surface area contributed by atoms with Crippen LogP contribution in [0.4, 0.5) is 18.9 Å². The highest BCUT2D eigenvalue weighted by molar-refractivity contribution is 5.99. The van der Waals surface area contributed by atoms with Gasteiger partial charge in [0.15, 0.2) is 17.4 Å². The van der Waals surface area contributed by atoms with E-state index in [1.165, 1.54) is 30.6 Å². The fourth-order valence-electron chi connectivity index (χ4n) is 3.92. The first-order valence-electron chi connectivity index (χ1n) is 11.2. The molecule has 2 aromatic carbocycles. The van der Waals surface area contributed by atoms with Gasteiger partial charge in [-0.3, -0.25) is 0 Å². The first kappa shape index (κ1) is 24.1. The Bertz CT molecular complexity index is 1560. The van der Waals surface area contributed by atoms with E-state index < -0.39 is 28.6 Å². The lowest BCUT2D eigenvalue weighted by atomic mass is 9.93. The minimum atomic E-state index is -0.996. The minimum Gasteiger partial charge on any atom is -0.464 e. The van der Waals surface area contributed by atoms with Crippen molar-refractivity contribution in [2.45, 2.75) is 6.92 Å². The molecule has 1 atom stereocenters. The van der Waals surface area contributed by atoms with E-state index in [0.29, 0.717) is 16.6 Å². The number of fused-ring (bicyclic) bond motifs is 1. The van der Waals surface area contributed by atoms with Gasteiger partial charge in [0, 0.05) is 46.8 Å². The molecule has 3 heterocycles. The molecule has 0 saturated heterocycles. The number of aliphatic imine (C=N–C) groups is 1. The van der Waals surface area contributed by atoms with Gasteiger partial charge >= 0.3 is 0 Å². The number of amidine groups is 1. The van der Waals surface area contributed by atoms with Crippen LogP contribution in [0.2, 0.25) is 0 Å². The first-order valence-corrected chi connectivity index (χ1v) is 11.2. The number of aromatic amines is 1. The second-order valence-corrected chi connectivity index (χ2v) is 8.88. The van der Waals surface area contributed by atoms with Crippen molar-refractivity contribution in [2.75, 3.05) is 25.1 Å². The van der Waals surface area contributed by atoms with Crippen LogP contribution in [0.15, 0.2) is 53.8 Å². The Balaban J connectivity index is 1.48. The first-order chi connectivity index (χ1) is 17.8. The van der Waals surface area contributed by atoms with E-state index >= 15 is 8.78 Å². The SMILES string of the molecule is CC1(CO)CN=C(Nc2cc(F)c(Oc3ccnc4[nH]cc(-c5cccc(F)c5C#N)c34)c(F)c2)OC1. The van der Waals surface area contributed by atoms with E-state index in [9.17, 15) is 14.8 Å². The molecular formula is C26H20F3N5O3. The molecule has 1 aliphatic heterocycles. The van der Waals surface area contributed by atoms with Gasteiger partial charge in [0.05, 0.1) is 24.1 Å². The number of benzene rings is 2. The molecule has 0 radical (unpaired) electrons. The number of nitrogens with one attached hydrogen (secondary N) is 2. The Labute approximate surface area is 209 Å². The summed E-state index contributed by atoms with van der Waals surface area (Å²) in [7, 11) is 0. The maximum atomic E-state index is 15.0. The molecule has 0 amide bonds. The molecule has 0 bridgehead atoms. The molecule has 3 N–H and O–H groups in total. The van der Waals surface area contributed by atoms with Crippen molar-refractivity contribution in [3.05, 3.63) is 71.8 Å². The zero-order chi connectivity index (χ0) is 26.2. The largest absolute Gasteiger partial charge is 0.464 e. The number of ether oxygens (including phenoxy) is 2. The Morgan fingerprint density at radius 1 is 1.19 bits per heavy atom. The van der Waals surface area contributed by atoms with Crippen LogP contribution >= 0.6 is 0 Å². The van der Waals surface area contributed by atoms with Crippen LogP contribution in [0.3, 0.4) is 0 Å². The number of hydrogen-bond acceptors (Lipinski definition) is 7. The van der Waals surface area contributed by atoms with Gasteiger partial charge in [-0.15, -0.1) is 0 Å². The lowest BCUT2D eigenvalue weighted by Gasteiger charge is -2.30. The summed E-state index contributed by atoms with van der Waals surface area (Å²) in [6, 6.07) is 9.57. The van der Waals surface area contributed by atoms with E-state index in [4.69, 9.17) is 9.47 Å². The third-order valence-corrected chi connectivity index (χ3v) is 5.96. The van der Waals surface area contributed by atoms with Crippen molar-refractivity contribution in [3.8, 4) is 28.7 Å². The summed E-state index contributed by atoms with van der Waals surface area (Å²) in [4.78, 5) is 11.3. The Kier molecular flexibility index (Phi) is 6.19. The maximum absolute atomic E-state index is 15.0. The van der Waals surface area contributed by atoms with E-state index in [1.54, 1.807) is 13.0 Å². The molecule has 1 aliphatic rings. The predicted molar refractivity (Wildman–Crippen MR) is 130 cm³/mol. The molecule has 5 rings (SSSR count). The Morgan fingerprint density at radius 3 is 2.65 bits per heavy atom. The minimum absolute atomic E-state index is 0.0503. The molecule has 188 valence electrons. The van der Waals surface area contributed by atoms with Gasteiger partial charge < -0.3 is 24.9 Å². The zero-order valence-corrected chi connectivity index (χ0v) is 19.5. The maximum Gasteiger partial charge on any atom is 0.289 e. The molecule has 11 heteroatoms. The smallest absolute Gasteiger partial charge is 0.289 e. The lowest BCUT2D eigenvalue weighted by molar-refractivity contribution is 0.0706. The third-order valence-electron chi connectivity index (χ3n) is 5.96. The van der Waals surface area contributed by atoms with Crippen molar-refractivity contribution in [3.63, 3.8) is 0 Å². The van der Waals surface area contributed by atoms with Gasteiger partial charge in [0.25, 0.3) is 6.02 Å². The highest BCUT2D eigenvalue weighted by Gasteiger charge is 2.29. The Morgan fingerprint density at radius 2 is 1.97 bits per heavy atom. The van der Waals surface area contributed by atoms with E-state index in [2.05, 4.69) is 20.3 Å². The molecule has 2 aromatic heterocycles. The quantitative estimate of drug-likeness (QED) is 0.346. The predicted octanol–water partition coefficient (Wildman–Crippen LogP) is 5.11. The fraction of sp³-hybridized carbons (Fsp3) is 0.192. The number of halogens is 3. The van der Waals surface area contributed by atoms with Crippen LogP contribution in [-0.2, 0) is 4.74 Å². The topological polar surface area (TPSA) is 116 Å². The van der Waals surface area contributed by atoms with Crippen LogP contribution < -0.4 is 10.1 Å². The molecule has 8 nitrogen and oxygen atoms in total. The summed E-state index contributed by atoms with van der Waals surface area (Å²) in [6.07, 6.45) is 2.91. The van der Waals surface area contributed by atoms with Gasteiger partial charge in [-0.1, -0.05) is 19.1 Å². The van der Waals surface area contributed by atoms with Gasteiger partial charge in [-0.25, -0.2) is 23.1 Å². The van der Waals surface area contributed by atoms with Crippen molar-refractivity contribution >= 4 is 22.7 Å². The summed E-state index contributed by atoms with van der Waals surface area (Å²) < 4.78 is 55.4. The van der Waals surface area contributed by atoms with Gasteiger partial charge in [-0.2, -0.15) is 5.26 Å². The van der Waals surface area contributed by atoms with Crippen molar-refractivity contribution in [1.29, 1.82) is 5.26 Å². The number of nitrogens with zero attached hydrogens (tertiary/aromatic N) is 3. The van der Waals surface area contributed by atoms with Crippen molar-refractivity contribution in [1.82, 2.24) is 9.97 Å². The number of pyridine rings is 1. The molecular weight excluding hydrogens is 487 g/mol. The van der Waals surface area contributed by atoms with Gasteiger partial charge in [-0.05, 0) is 12.1 Å². The van der Waals surface area contributed by atoms with Crippen molar-refractivity contribution < 1.29 is 27.8 Å². The number of aliphatic hydroxyl groups is 1. The molecule has 0 spiro atoms. The molecule has 4 aromatic rings. The zero-order valence-electron chi connectivity index (χ0n) is 19.5. The summed E-state index contributed by atoms with van der Waals surface area (Å²) in [5.41, 5.74) is 0.328. The highest BCUT2D eigenvalue weighted by atomic mass is 19.1. The average molecular weight is 507 g/mol. The second kappa shape index (κ2) is 9.48. The highest BCUT2D eigenvalue weighted by Crippen LogP contribution is 2.39. The monoisotopic (exact) mass is 507 g/mol. The van der Waals surface area contributed by atoms with E-state index in [1.807, 2.05) is 6.07 Å². The van der Waals surface area contributed by atoms with Gasteiger partial charge in [0.1, 0.15) is 29.9 Å². The summed E-state index contributed by atoms with van der Waals surface area (Å²) >= 11 is 0. The second-order valence-electron chi connectivity index (χ2n) is 8.88. The lowest BCUT2D eigenvalue weighted by Crippen LogP contribution is -2.38. The van der Waals surface area contributed by atoms with Crippen LogP contribution in [-0.4, -0.2) is 40.9 Å². The standard InChI is InChI=1S/C26H20F3N5O3/c1-26(12-35)11-33-25(36-13-26)34-14-7-19(28)23(20(29)8-14)37-21-5-6-31-24-22(21)17(10-32-24)15-3-2-4-18(27)16(15)9-30/h2-8,10,35H,11-13H2,1H3,(H,31,32)(H,33,34). The number of nitriles is 1. The number of aliphatic hydroxyl groups excluding tert-OH is 1. The normalized spacial score (nSPS) is 17.1. The summed E-state index contributed by atoms with van der Waals surface area (Å²) in [6.45, 7) is 2.17. The van der Waals surface area contributed by atoms with Crippen LogP contribution in [0.1, 0.15) is 12.5 Å². The molecule has 0 aliphatic carbocycles. The van der Waals surface area contributed by atoms with Crippen molar-refractivity contribution in [2.24, 2.45) is 10.4 Å². The molecule has 37 heavy (non-hydrogen) atoms. The average Bonchev–Trinajstić information content (AvgIpc) is 3.32. The number of anilines is 1. The van der Waals surface area contributed by atoms with Crippen LogP contribution in [0, 0.1) is 34.2 Å². The summed E-state index contributed by atoms with van der Waals surface area (Å²) in [5, 5.41) is 21.9. The summed E-state index contributed by atoms with van der Waals surface area (Å²) in [5.74, 6) is -3.30. The fourth-order valence-corrected chi connectivity index (χ4v) is 3.92. The van der Waals surface area contributed by atoms with Crippen LogP contribution in [0.5, 0.6) is 11.5 Å². The van der Waals surface area contributed by atoms with E-state index in [0.717, 1.165) is 12.1 Å². The molecule has 0 fully saturated rings. The molecule has 1 unspecified atom stereocenters. The Hall–Kier alpha value is -4.56. The number of rotatable bonds is 5. The number of hydrogen-bond donors (Lipinski definition) is 3. The van der Waals surface area contributed by atoms with Gasteiger partial charge in [0.2, 0.25) is 0 Å². The third kappa shape index (κ3) is 4.54. The van der Waals surface area contributed by atoms with Crippen LogP contribution in [0.25, 0.3) is 22.2 Å². The number of aromatic nitrogens is 2. The molecule has 0 saturated carbocycles. The van der Waals surface area contributed by atoms with E-state index in [-0.39, 0.29) is 48.3 Å². The number of H-pyrrole nitrogens is 1.